The lowest BCUT2D eigenvalue weighted by molar-refractivity contribution is -0.151. The van der Waals surface area contributed by atoms with E-state index < -0.39 is 5.97 Å². The summed E-state index contributed by atoms with van der Waals surface area (Å²) in [5.74, 6) is 0.187. The molecule has 27 nitrogen and oxygen atoms in total. The number of esters is 2. The first-order valence-electron chi connectivity index (χ1n) is 32.9. The molecule has 4 aromatic heterocycles. The van der Waals surface area contributed by atoms with Crippen molar-refractivity contribution in [2.45, 2.75) is 86.3 Å². The van der Waals surface area contributed by atoms with E-state index in [1.807, 2.05) is 40.3 Å². The standard InChI is InChI=1S/C19H24N4O3.C16H19N3O3.C15H17N3O3.C11H11ClN2O.C5H9NO2.C4H9NO.CH4.ClH/c1-13-18(24)17(16-3-2-4-20-16)14(9-21-13)10-22-11-15(12-22)19(25)23-5-7-26-8-6-23;1-10-15(20)14(13-4-3-5-17-13)11(6-18-10)7-19-8-12(9-19)16(21)22-2;1-9-14(19)13(12-3-2-4-16-12)10(5-17-9)6-18-7-11(8-18)15(20)21;1-7-11(15)10(8(5-12)6-14-7)9-3-2-4-13-9;1-8-5(7)4-2-6-3-4;1-3-6-4-2-5-1;;/h2,4,9,15,24H,3,5-8,10-12H2,1H3;3,5-6,12,20H,4,7-9H2,1-2H3;2,4-5,11,19H,3,6-8H2,1H3,(H,20,21);2,4,6,15H,3,5H2,1H3;4,6H,2-3H2,1H3;5H,1-4H2;1H4;1H/i20+1;17+1;16+1;13+1;;;;. The molecule has 10 aliphatic heterocycles. The topological polar surface area (TPSA) is 344 Å². The summed E-state index contributed by atoms with van der Waals surface area (Å²) in [4.78, 5) is 87.7. The molecule has 0 unspecified atom stereocenters. The van der Waals surface area contributed by atoms with Crippen LogP contribution in [0.2, 0.25) is 0 Å². The quantitative estimate of drug-likeness (QED) is 0.0384. The van der Waals surface area contributed by atoms with Gasteiger partial charge < -0.3 is 60.0 Å². The molecule has 1 amide bonds. The van der Waals surface area contributed by atoms with Crippen LogP contribution in [0.4, 0.5) is 0 Å². The van der Waals surface area contributed by atoms with Crippen LogP contribution in [0.3, 0.4) is 0 Å². The Morgan fingerprint density at radius 3 is 1.11 bits per heavy atom. The molecule has 7 N–H and O–H groups in total. The van der Waals surface area contributed by atoms with Gasteiger partial charge in [-0.3, -0.25) is 73.8 Å². The molecular weight excluding hydrogens is 1330 g/mol. The molecule has 29 heteroatoms. The fourth-order valence-corrected chi connectivity index (χ4v) is 12.2. The number of methoxy groups -OCH3 is 2. The highest BCUT2D eigenvalue weighted by atomic mass is 35.5. The van der Waals surface area contributed by atoms with Crippen molar-refractivity contribution in [3.63, 3.8) is 0 Å². The first-order valence-corrected chi connectivity index (χ1v) is 33.5. The number of nitrogens with zero attached hydrogens (tertiary/aromatic N) is 12. The number of aliphatic carboxylic acids is 1. The maximum absolute atomic E-state index is 12.5. The third-order valence-corrected chi connectivity index (χ3v) is 18.2. The van der Waals surface area contributed by atoms with Gasteiger partial charge in [0.05, 0.1) is 110 Å². The van der Waals surface area contributed by atoms with Crippen molar-refractivity contribution < 1.29 is 63.7 Å². The molecule has 10 aliphatic rings. The molecule has 0 radical (unpaired) electrons. The highest BCUT2D eigenvalue weighted by molar-refractivity contribution is 6.18. The number of carbonyl (C=O) groups is 4. The number of ether oxygens (including phenoxy) is 4. The van der Waals surface area contributed by atoms with Crippen LogP contribution in [0.25, 0.3) is 0 Å². The van der Waals surface area contributed by atoms with Crippen LogP contribution in [0, 0.1) is 51.4 Å². The number of pyridine rings is 4. The summed E-state index contributed by atoms with van der Waals surface area (Å²) in [6.07, 6.45) is 24.8. The van der Waals surface area contributed by atoms with Crippen LogP contribution < -0.4 is 10.6 Å². The molecule has 0 spiro atoms. The van der Waals surface area contributed by atoms with Gasteiger partial charge in [0.1, 0.15) is 23.0 Å². The molecule has 14 rings (SSSR count). The second kappa shape index (κ2) is 38.4. The number of alkyl halides is 1. The number of rotatable bonds is 15. The maximum Gasteiger partial charge on any atom is 0.311 e. The zero-order valence-electron chi connectivity index (χ0n) is 56.9. The van der Waals surface area contributed by atoms with Gasteiger partial charge in [-0.25, -0.2) is 0 Å². The number of aliphatic imine (C=N–C) groups is 4. The Morgan fingerprint density at radius 1 is 0.500 bits per heavy atom. The molecule has 0 aliphatic carbocycles. The lowest BCUT2D eigenvalue weighted by atomic mass is 9.95. The summed E-state index contributed by atoms with van der Waals surface area (Å²) >= 11 is 5.81. The number of aryl methyl sites for hydroxylation is 4. The van der Waals surface area contributed by atoms with Gasteiger partial charge in [-0.05, 0) is 49.9 Å². The van der Waals surface area contributed by atoms with E-state index >= 15 is 0 Å². The predicted octanol–water partition coefficient (Wildman–Crippen LogP) is 6.40. The normalized spacial score (nSPS) is 18.5. The van der Waals surface area contributed by atoms with E-state index in [0.29, 0.717) is 107 Å². The van der Waals surface area contributed by atoms with Gasteiger partial charge in [0.15, 0.2) is 0 Å². The maximum atomic E-state index is 12.5. The minimum atomic E-state index is -0.749. The SMILES string of the molecule is C.C1COCCN1.COC(=O)C1CN(Cc2cnc(C)c(O)c2C2=[15N]C=CC2)C1.COC(=O)C1CNC1.Cc1ncc(CCl)c(C2=[15N]C=CC2)c1O.Cc1ncc(CN2CC(C(=O)N3CCOCC3)C2)c(C2=[15N]C=CC2)c1O.Cc1ncc(CN2CC(C(=O)O)C2)c(C2=[15N]C=CC2)c1O.Cl. The lowest BCUT2D eigenvalue weighted by Crippen LogP contribution is -2.55. The highest BCUT2D eigenvalue weighted by Crippen LogP contribution is 2.34. The Bertz CT molecular complexity index is 3760. The first kappa shape index (κ1) is 79.0. The number of carboxylic acid groups (broad SMARTS) is 1. The number of carbonyl (C=O) groups excluding carboxylic acids is 3. The average Bonchev–Trinajstić information content (AvgIpc) is 0.996. The van der Waals surface area contributed by atoms with Crippen molar-refractivity contribution >= 4 is 70.7 Å². The number of likely N-dealkylation sites (tertiary alicyclic amines) is 3. The molecule has 0 saturated carbocycles. The van der Waals surface area contributed by atoms with Crippen molar-refractivity contribution in [1.82, 2.24) is 50.2 Å². The third-order valence-electron chi connectivity index (χ3n) is 17.9. The molecule has 0 atom stereocenters. The average molecular weight is 1430 g/mol. The number of nitrogens with one attached hydrogen (secondary N) is 2. The Kier molecular flexibility index (Phi) is 30.3. The highest BCUT2D eigenvalue weighted by Gasteiger charge is 2.38. The van der Waals surface area contributed by atoms with Crippen LogP contribution in [0.5, 0.6) is 23.0 Å². The summed E-state index contributed by atoms with van der Waals surface area (Å²) < 4.78 is 19.5. The van der Waals surface area contributed by atoms with Gasteiger partial charge >= 0.3 is 17.9 Å². The van der Waals surface area contributed by atoms with Crippen molar-refractivity contribution in [2.24, 2.45) is 43.6 Å². The number of allylic oxidation sites excluding steroid dienone is 4. The molecule has 14 heterocycles. The number of carboxylic acids is 1. The van der Waals surface area contributed by atoms with Gasteiger partial charge in [-0.15, -0.1) is 24.0 Å². The van der Waals surface area contributed by atoms with Gasteiger partial charge in [0.25, 0.3) is 0 Å². The Labute approximate surface area is 595 Å². The number of morpholine rings is 2. The van der Waals surface area contributed by atoms with Crippen molar-refractivity contribution in [2.75, 3.05) is 119 Å². The Morgan fingerprint density at radius 2 is 0.830 bits per heavy atom. The van der Waals surface area contributed by atoms with E-state index in [4.69, 9.17) is 30.9 Å². The molecular formula is C71H94Cl2N14O13. The summed E-state index contributed by atoms with van der Waals surface area (Å²) in [5, 5.41) is 56.1. The third kappa shape index (κ3) is 20.4. The van der Waals surface area contributed by atoms with Gasteiger partial charge in [0, 0.05) is 202 Å². The summed E-state index contributed by atoms with van der Waals surface area (Å²) in [6, 6.07) is 0. The fraction of sp³-hybridized carbons (Fsp3) is 0.493. The van der Waals surface area contributed by atoms with Crippen molar-refractivity contribution in [3.8, 4) is 23.0 Å². The zero-order valence-corrected chi connectivity index (χ0v) is 58.4. The number of hydrogen-bond donors (Lipinski definition) is 7. The Balaban J connectivity index is 0.000000176. The minimum Gasteiger partial charge on any atom is -0.505 e. The van der Waals surface area contributed by atoms with Crippen LogP contribution >= 0.6 is 24.0 Å². The smallest absolute Gasteiger partial charge is 0.311 e. The number of aromatic hydroxyl groups is 4. The van der Waals surface area contributed by atoms with E-state index in [0.717, 1.165) is 139 Å². The monoisotopic (exact) mass is 1420 g/mol. The van der Waals surface area contributed by atoms with E-state index in [2.05, 4.69) is 65.1 Å². The van der Waals surface area contributed by atoms with Crippen LogP contribution in [-0.2, 0) is 63.6 Å². The molecule has 4 aromatic rings. The van der Waals surface area contributed by atoms with Crippen LogP contribution in [0.15, 0.2) is 93.9 Å². The number of amides is 1. The first-order chi connectivity index (χ1) is 47.4. The molecule has 0 bridgehead atoms. The van der Waals surface area contributed by atoms with Crippen LogP contribution in [0.1, 0.15) is 100 Å². The van der Waals surface area contributed by atoms with Crippen molar-refractivity contribution in [3.05, 3.63) is 141 Å². The molecule has 0 aromatic carbocycles. The fourth-order valence-electron chi connectivity index (χ4n) is 12.0. The summed E-state index contributed by atoms with van der Waals surface area (Å²) in [5.41, 5.74) is 12.5. The summed E-state index contributed by atoms with van der Waals surface area (Å²) in [6.45, 7) is 21.0. The van der Waals surface area contributed by atoms with Gasteiger partial charge in [-0.1, -0.05) is 31.7 Å². The van der Waals surface area contributed by atoms with Crippen LogP contribution in [-0.4, -0.2) is 231 Å². The van der Waals surface area contributed by atoms with Crippen molar-refractivity contribution in [1.29, 1.82) is 0 Å². The molecule has 6 fully saturated rings. The number of halogens is 2. The second-order valence-corrected chi connectivity index (χ2v) is 25.1. The lowest BCUT2D eigenvalue weighted by Gasteiger charge is -2.41. The van der Waals surface area contributed by atoms with E-state index in [1.165, 1.54) is 14.2 Å². The predicted molar refractivity (Wildman–Crippen MR) is 383 cm³/mol. The largest absolute Gasteiger partial charge is 0.505 e. The summed E-state index contributed by atoms with van der Waals surface area (Å²) in [7, 11) is 2.83. The number of aromatic nitrogens is 4. The van der Waals surface area contributed by atoms with E-state index in [9.17, 15) is 39.6 Å². The molecule has 100 heavy (non-hydrogen) atoms. The Hall–Kier alpha value is -8.38. The van der Waals surface area contributed by atoms with Gasteiger partial charge in [0.2, 0.25) is 5.91 Å². The number of hydrogen-bond acceptors (Lipinski definition) is 25. The zero-order chi connectivity index (χ0) is 69.8. The van der Waals surface area contributed by atoms with E-state index in [-0.39, 0.29) is 84.3 Å². The van der Waals surface area contributed by atoms with Gasteiger partial charge in [-0.2, -0.15) is 0 Å². The molecule has 6 saturated heterocycles. The second-order valence-electron chi connectivity index (χ2n) is 24.9. The van der Waals surface area contributed by atoms with E-state index in [1.54, 1.807) is 71.1 Å². The molecule has 540 valence electrons. The minimum absolute atomic E-state index is 0.